The summed E-state index contributed by atoms with van der Waals surface area (Å²) in [5, 5.41) is 2.24. The number of likely N-dealkylation sites (tertiary alicyclic amines) is 1. The van der Waals surface area contributed by atoms with Crippen LogP contribution in [0.2, 0.25) is 5.04 Å². The average molecular weight is 780 g/mol. The summed E-state index contributed by atoms with van der Waals surface area (Å²) >= 11 is 0. The molecule has 5 aromatic carbocycles. The van der Waals surface area contributed by atoms with E-state index in [4.69, 9.17) is 18.6 Å². The van der Waals surface area contributed by atoms with E-state index < -0.39 is 19.8 Å². The van der Waals surface area contributed by atoms with Gasteiger partial charge in [0.1, 0.15) is 35.7 Å². The SMILES string of the molecule is CC1=C(c2ccc(OC(=O)C(C)(C)C)cc2)C(c2ccc(OCCN3CCCCC3)cc2)Oc2cc(O[Si](c3ccccc3)(c3ccccc3)C(C)(C)C)ccc21. The van der Waals surface area contributed by atoms with Crippen molar-refractivity contribution in [1.29, 1.82) is 0 Å². The van der Waals surface area contributed by atoms with E-state index in [1.54, 1.807) is 0 Å². The van der Waals surface area contributed by atoms with Gasteiger partial charge in [-0.25, -0.2) is 0 Å². The minimum Gasteiger partial charge on any atom is -0.534 e. The molecule has 1 atom stereocenters. The molecule has 1 saturated heterocycles. The van der Waals surface area contributed by atoms with E-state index in [0.717, 1.165) is 64.7 Å². The minimum atomic E-state index is -2.88. The van der Waals surface area contributed by atoms with Gasteiger partial charge in [-0.05, 0) is 122 Å². The highest BCUT2D eigenvalue weighted by Gasteiger charge is 2.52. The molecule has 2 aliphatic heterocycles. The third-order valence-electron chi connectivity index (χ3n) is 11.3. The number of esters is 1. The van der Waals surface area contributed by atoms with Crippen LogP contribution in [-0.4, -0.2) is 45.4 Å². The van der Waals surface area contributed by atoms with Crippen LogP contribution in [0.5, 0.6) is 23.0 Å². The molecule has 0 aliphatic carbocycles. The Hall–Kier alpha value is -5.11. The molecule has 0 aromatic heterocycles. The van der Waals surface area contributed by atoms with Crippen LogP contribution in [0, 0.1) is 5.41 Å². The molecule has 296 valence electrons. The molecule has 7 heteroatoms. The molecule has 57 heavy (non-hydrogen) atoms. The highest BCUT2D eigenvalue weighted by molar-refractivity contribution is 7.00. The van der Waals surface area contributed by atoms with Crippen LogP contribution in [0.25, 0.3) is 11.1 Å². The molecule has 0 N–H and O–H groups in total. The molecule has 5 aromatic rings. The summed E-state index contributed by atoms with van der Waals surface area (Å²) in [6.07, 6.45) is 3.46. The molecule has 2 heterocycles. The number of hydrogen-bond donors (Lipinski definition) is 0. The molecule has 0 spiro atoms. The lowest BCUT2D eigenvalue weighted by molar-refractivity contribution is -0.143. The zero-order valence-corrected chi connectivity index (χ0v) is 35.6. The standard InChI is InChI=1S/C50H57NO5Si/c1-36-44-30-29-41(56-57(50(5,6)7,42-17-11-8-12-18-42)43-19-13-9-14-20-43)35-45(44)55-47(46(36)37-21-27-40(28-22-37)54-48(52)49(2,3)4)38-23-25-39(26-24-38)53-34-33-51-31-15-10-16-32-51/h8-9,11-14,17-30,35,47H,10,15-16,31-34H2,1-7H3. The molecule has 0 saturated carbocycles. The van der Waals surface area contributed by atoms with Gasteiger partial charge in [-0.2, -0.15) is 0 Å². The number of hydrogen-bond acceptors (Lipinski definition) is 6. The summed E-state index contributed by atoms with van der Waals surface area (Å²) in [6, 6.07) is 43.8. The van der Waals surface area contributed by atoms with Gasteiger partial charge in [-0.1, -0.05) is 112 Å². The number of fused-ring (bicyclic) bond motifs is 1. The van der Waals surface area contributed by atoms with Crippen molar-refractivity contribution in [1.82, 2.24) is 4.90 Å². The van der Waals surface area contributed by atoms with E-state index in [2.05, 4.69) is 136 Å². The Morgan fingerprint density at radius 1 is 0.719 bits per heavy atom. The first kappa shape index (κ1) is 40.1. The van der Waals surface area contributed by atoms with Crippen molar-refractivity contribution < 1.29 is 23.4 Å². The molecule has 0 radical (unpaired) electrons. The Morgan fingerprint density at radius 2 is 1.30 bits per heavy atom. The van der Waals surface area contributed by atoms with Crippen LogP contribution in [0.4, 0.5) is 0 Å². The predicted molar refractivity (Wildman–Crippen MR) is 234 cm³/mol. The van der Waals surface area contributed by atoms with Gasteiger partial charge in [-0.3, -0.25) is 9.69 Å². The number of piperidine rings is 1. The van der Waals surface area contributed by atoms with Crippen LogP contribution in [0.1, 0.15) is 90.5 Å². The van der Waals surface area contributed by atoms with Crippen molar-refractivity contribution >= 4 is 35.8 Å². The number of rotatable bonds is 11. The summed E-state index contributed by atoms with van der Waals surface area (Å²) in [5.74, 6) is 2.64. The summed E-state index contributed by atoms with van der Waals surface area (Å²) in [4.78, 5) is 15.2. The lowest BCUT2D eigenvalue weighted by Crippen LogP contribution is -2.68. The lowest BCUT2D eigenvalue weighted by atomic mass is 9.86. The van der Waals surface area contributed by atoms with E-state index in [0.29, 0.717) is 12.4 Å². The van der Waals surface area contributed by atoms with Crippen molar-refractivity contribution in [3.63, 3.8) is 0 Å². The van der Waals surface area contributed by atoms with E-state index >= 15 is 0 Å². The second kappa shape index (κ2) is 16.8. The molecule has 1 fully saturated rings. The average Bonchev–Trinajstić information content (AvgIpc) is 3.21. The highest BCUT2D eigenvalue weighted by Crippen LogP contribution is 2.48. The van der Waals surface area contributed by atoms with Gasteiger partial charge in [0.2, 0.25) is 0 Å². The van der Waals surface area contributed by atoms with E-state index in [-0.39, 0.29) is 11.0 Å². The lowest BCUT2D eigenvalue weighted by Gasteiger charge is -2.43. The van der Waals surface area contributed by atoms with E-state index in [9.17, 15) is 4.79 Å². The van der Waals surface area contributed by atoms with Crippen LogP contribution in [-0.2, 0) is 4.79 Å². The van der Waals surface area contributed by atoms with Gasteiger partial charge in [0.25, 0.3) is 0 Å². The van der Waals surface area contributed by atoms with Crippen molar-refractivity contribution in [2.75, 3.05) is 26.2 Å². The molecular weight excluding hydrogens is 723 g/mol. The Labute approximate surface area is 340 Å². The fourth-order valence-corrected chi connectivity index (χ4v) is 12.5. The van der Waals surface area contributed by atoms with Gasteiger partial charge < -0.3 is 18.6 Å². The molecular formula is C50H57NO5Si. The number of benzene rings is 5. The normalized spacial score (nSPS) is 16.4. The Morgan fingerprint density at radius 3 is 1.88 bits per heavy atom. The molecule has 0 amide bonds. The zero-order chi connectivity index (χ0) is 40.2. The zero-order valence-electron chi connectivity index (χ0n) is 34.6. The van der Waals surface area contributed by atoms with Crippen LogP contribution in [0.15, 0.2) is 127 Å². The summed E-state index contributed by atoms with van der Waals surface area (Å²) < 4.78 is 26.5. The predicted octanol–water partition coefficient (Wildman–Crippen LogP) is 10.5. The van der Waals surface area contributed by atoms with Gasteiger partial charge in [-0.15, -0.1) is 0 Å². The number of carbonyl (C=O) groups is 1. The summed E-state index contributed by atoms with van der Waals surface area (Å²) in [6.45, 7) is 18.5. The first-order valence-corrected chi connectivity index (χ1v) is 22.3. The number of nitrogens with zero attached hydrogens (tertiary/aromatic N) is 1. The van der Waals surface area contributed by atoms with Gasteiger partial charge >= 0.3 is 14.3 Å². The van der Waals surface area contributed by atoms with Crippen molar-refractivity contribution in [2.24, 2.45) is 5.41 Å². The van der Waals surface area contributed by atoms with Crippen molar-refractivity contribution in [3.8, 4) is 23.0 Å². The molecule has 2 aliphatic rings. The topological polar surface area (TPSA) is 57.2 Å². The second-order valence-corrected chi connectivity index (χ2v) is 21.7. The summed E-state index contributed by atoms with van der Waals surface area (Å²) in [7, 11) is -2.88. The maximum atomic E-state index is 12.7. The second-order valence-electron chi connectivity index (χ2n) is 17.4. The van der Waals surface area contributed by atoms with Crippen molar-refractivity contribution in [2.45, 2.75) is 78.9 Å². The van der Waals surface area contributed by atoms with Crippen LogP contribution < -0.4 is 29.0 Å². The smallest absolute Gasteiger partial charge is 0.319 e. The first-order chi connectivity index (χ1) is 27.3. The fourth-order valence-electron chi connectivity index (χ4n) is 8.11. The first-order valence-electron chi connectivity index (χ1n) is 20.4. The fraction of sp³-hybridized carbons (Fsp3) is 0.340. The maximum absolute atomic E-state index is 12.7. The molecule has 6 nitrogen and oxygen atoms in total. The number of allylic oxidation sites excluding steroid dienone is 1. The third-order valence-corrected chi connectivity index (χ3v) is 16.2. The van der Waals surface area contributed by atoms with Gasteiger partial charge in [0, 0.05) is 23.7 Å². The van der Waals surface area contributed by atoms with E-state index in [1.807, 2.05) is 45.0 Å². The third kappa shape index (κ3) is 8.75. The summed E-state index contributed by atoms with van der Waals surface area (Å²) in [5.41, 5.74) is 4.58. The van der Waals surface area contributed by atoms with E-state index in [1.165, 1.54) is 29.6 Å². The number of ether oxygens (including phenoxy) is 3. The molecule has 7 rings (SSSR count). The van der Waals surface area contributed by atoms with Gasteiger partial charge in [0.15, 0.2) is 0 Å². The van der Waals surface area contributed by atoms with Crippen LogP contribution >= 0.6 is 0 Å². The maximum Gasteiger partial charge on any atom is 0.319 e. The van der Waals surface area contributed by atoms with Crippen LogP contribution in [0.3, 0.4) is 0 Å². The monoisotopic (exact) mass is 779 g/mol. The quantitative estimate of drug-likeness (QED) is 0.0756. The number of carbonyl (C=O) groups excluding carboxylic acids is 1. The largest absolute Gasteiger partial charge is 0.534 e. The Bertz CT molecular complexity index is 2120. The van der Waals surface area contributed by atoms with Crippen molar-refractivity contribution in [3.05, 3.63) is 144 Å². The Kier molecular flexibility index (Phi) is 11.8. The highest BCUT2D eigenvalue weighted by atomic mass is 28.4. The minimum absolute atomic E-state index is 0.192. The molecule has 0 bridgehead atoms. The Balaban J connectivity index is 1.25. The molecule has 1 unspecified atom stereocenters. The van der Waals surface area contributed by atoms with Gasteiger partial charge in [0.05, 0.1) is 5.41 Å².